The van der Waals surface area contributed by atoms with Crippen molar-refractivity contribution in [1.29, 1.82) is 0 Å². The average Bonchev–Trinajstić information content (AvgIpc) is 3.19. The standard InChI is InChI=1S/C22H30N2O6S/c1-4-30-20(26)6-5-19(25)23-9-7-22(8-10-23)24(11-12-31-22)21(27)16-13-17(28-2)15-18(14-16)29-3/h13-15H,4-12H2,1-3H3. The Kier molecular flexibility index (Phi) is 7.69. The zero-order valence-electron chi connectivity index (χ0n) is 18.3. The number of thioether (sulfide) groups is 1. The first-order valence-electron chi connectivity index (χ1n) is 10.5. The smallest absolute Gasteiger partial charge is 0.306 e. The zero-order chi connectivity index (χ0) is 22.4. The fourth-order valence-corrected chi connectivity index (χ4v) is 5.56. The van der Waals surface area contributed by atoms with Crippen LogP contribution in [0.5, 0.6) is 11.5 Å². The van der Waals surface area contributed by atoms with E-state index >= 15 is 0 Å². The van der Waals surface area contributed by atoms with E-state index in [0.29, 0.717) is 56.1 Å². The summed E-state index contributed by atoms with van der Waals surface area (Å²) in [7, 11) is 3.12. The largest absolute Gasteiger partial charge is 0.497 e. The topological polar surface area (TPSA) is 85.4 Å². The van der Waals surface area contributed by atoms with Crippen molar-refractivity contribution in [1.82, 2.24) is 9.80 Å². The zero-order valence-corrected chi connectivity index (χ0v) is 19.2. The normalized spacial score (nSPS) is 17.5. The van der Waals surface area contributed by atoms with E-state index in [4.69, 9.17) is 14.2 Å². The maximum Gasteiger partial charge on any atom is 0.306 e. The molecule has 2 fully saturated rings. The molecule has 0 aliphatic carbocycles. The molecule has 8 nitrogen and oxygen atoms in total. The molecule has 2 aliphatic rings. The van der Waals surface area contributed by atoms with Crippen molar-refractivity contribution in [2.75, 3.05) is 46.2 Å². The second-order valence-corrected chi connectivity index (χ2v) is 9.00. The molecule has 0 aromatic heterocycles. The molecule has 1 aromatic carbocycles. The lowest BCUT2D eigenvalue weighted by Gasteiger charge is -2.44. The molecule has 0 bridgehead atoms. The first-order chi connectivity index (χ1) is 14.9. The number of rotatable bonds is 7. The lowest BCUT2D eigenvalue weighted by Crippen LogP contribution is -2.53. The van der Waals surface area contributed by atoms with E-state index in [2.05, 4.69) is 0 Å². The van der Waals surface area contributed by atoms with Gasteiger partial charge in [-0.1, -0.05) is 0 Å². The first kappa shape index (κ1) is 23.2. The van der Waals surface area contributed by atoms with Gasteiger partial charge in [-0.3, -0.25) is 14.4 Å². The van der Waals surface area contributed by atoms with Gasteiger partial charge in [-0.15, -0.1) is 11.8 Å². The monoisotopic (exact) mass is 450 g/mol. The maximum atomic E-state index is 13.4. The molecule has 2 amide bonds. The third-order valence-corrected chi connectivity index (χ3v) is 7.32. The number of carbonyl (C=O) groups is 3. The van der Waals surface area contributed by atoms with E-state index in [-0.39, 0.29) is 35.5 Å². The second kappa shape index (κ2) is 10.3. The Balaban J connectivity index is 1.65. The quantitative estimate of drug-likeness (QED) is 0.590. The molecule has 31 heavy (non-hydrogen) atoms. The SMILES string of the molecule is CCOC(=O)CCC(=O)N1CCC2(CC1)SCCN2C(=O)c1cc(OC)cc(OC)c1. The number of benzene rings is 1. The maximum absolute atomic E-state index is 13.4. The summed E-state index contributed by atoms with van der Waals surface area (Å²) in [5.41, 5.74) is 0.533. The van der Waals surface area contributed by atoms with E-state index < -0.39 is 0 Å². The number of hydrogen-bond acceptors (Lipinski definition) is 7. The fourth-order valence-electron chi connectivity index (χ4n) is 4.10. The summed E-state index contributed by atoms with van der Waals surface area (Å²) in [6, 6.07) is 5.21. The van der Waals surface area contributed by atoms with Crippen LogP contribution in [0.15, 0.2) is 18.2 Å². The molecule has 1 aromatic rings. The van der Waals surface area contributed by atoms with E-state index in [9.17, 15) is 14.4 Å². The third-order valence-electron chi connectivity index (χ3n) is 5.77. The van der Waals surface area contributed by atoms with Crippen LogP contribution in [0.3, 0.4) is 0 Å². The van der Waals surface area contributed by atoms with Crippen LogP contribution in [-0.2, 0) is 14.3 Å². The lowest BCUT2D eigenvalue weighted by molar-refractivity contribution is -0.146. The van der Waals surface area contributed by atoms with Gasteiger partial charge in [-0.25, -0.2) is 0 Å². The summed E-state index contributed by atoms with van der Waals surface area (Å²) in [4.78, 5) is 40.8. The van der Waals surface area contributed by atoms with Gasteiger partial charge in [0, 0.05) is 43.4 Å². The lowest BCUT2D eigenvalue weighted by atomic mass is 10.00. The van der Waals surface area contributed by atoms with Crippen LogP contribution >= 0.6 is 11.8 Å². The molecular formula is C22H30N2O6S. The number of piperidine rings is 1. The fraction of sp³-hybridized carbons (Fsp3) is 0.591. The molecule has 2 saturated heterocycles. The van der Waals surface area contributed by atoms with Gasteiger partial charge >= 0.3 is 5.97 Å². The van der Waals surface area contributed by atoms with Crippen LogP contribution in [0, 0.1) is 0 Å². The highest BCUT2D eigenvalue weighted by Crippen LogP contribution is 2.45. The summed E-state index contributed by atoms with van der Waals surface area (Å²) in [6.45, 7) is 3.87. The van der Waals surface area contributed by atoms with E-state index in [1.807, 2.05) is 4.90 Å². The van der Waals surface area contributed by atoms with Crippen molar-refractivity contribution < 1.29 is 28.6 Å². The molecule has 9 heteroatoms. The molecule has 0 unspecified atom stereocenters. The van der Waals surface area contributed by atoms with E-state index in [0.717, 1.165) is 5.75 Å². The number of nitrogens with zero attached hydrogens (tertiary/aromatic N) is 2. The molecule has 170 valence electrons. The van der Waals surface area contributed by atoms with Gasteiger partial charge in [0.15, 0.2) is 0 Å². The molecule has 0 saturated carbocycles. The third kappa shape index (κ3) is 5.26. The Labute approximate surface area is 187 Å². The number of esters is 1. The van der Waals surface area contributed by atoms with Crippen LogP contribution in [0.4, 0.5) is 0 Å². The molecule has 3 rings (SSSR count). The van der Waals surface area contributed by atoms with E-state index in [1.54, 1.807) is 56.0 Å². The highest BCUT2D eigenvalue weighted by molar-refractivity contribution is 8.00. The van der Waals surface area contributed by atoms with Crippen LogP contribution in [0.25, 0.3) is 0 Å². The van der Waals surface area contributed by atoms with Crippen molar-refractivity contribution in [3.8, 4) is 11.5 Å². The van der Waals surface area contributed by atoms with E-state index in [1.165, 1.54) is 0 Å². The van der Waals surface area contributed by atoms with Gasteiger partial charge in [0.05, 0.1) is 32.1 Å². The van der Waals surface area contributed by atoms with Gasteiger partial charge in [-0.05, 0) is 31.9 Å². The van der Waals surface area contributed by atoms with Gasteiger partial charge in [0.25, 0.3) is 5.91 Å². The van der Waals surface area contributed by atoms with Gasteiger partial charge in [0.1, 0.15) is 11.5 Å². The molecular weight excluding hydrogens is 420 g/mol. The summed E-state index contributed by atoms with van der Waals surface area (Å²) < 4.78 is 15.5. The minimum Gasteiger partial charge on any atom is -0.497 e. The Morgan fingerprint density at radius 3 is 2.23 bits per heavy atom. The Bertz CT molecular complexity index is 800. The van der Waals surface area contributed by atoms with Crippen LogP contribution < -0.4 is 9.47 Å². The second-order valence-electron chi connectivity index (χ2n) is 7.54. The molecule has 2 aliphatic heterocycles. The van der Waals surface area contributed by atoms with Gasteiger partial charge in [-0.2, -0.15) is 0 Å². The molecule has 0 radical (unpaired) electrons. The molecule has 1 spiro atoms. The molecule has 0 N–H and O–H groups in total. The first-order valence-corrected chi connectivity index (χ1v) is 11.5. The Hall–Kier alpha value is -2.42. The number of likely N-dealkylation sites (tertiary alicyclic amines) is 1. The molecule has 2 heterocycles. The Morgan fingerprint density at radius 1 is 1.00 bits per heavy atom. The van der Waals surface area contributed by atoms with Crippen LogP contribution in [-0.4, -0.2) is 78.7 Å². The minimum absolute atomic E-state index is 0.0405. The highest BCUT2D eigenvalue weighted by Gasteiger charge is 2.47. The molecule has 0 atom stereocenters. The number of hydrogen-bond donors (Lipinski definition) is 0. The minimum atomic E-state index is -0.346. The number of methoxy groups -OCH3 is 2. The summed E-state index contributed by atoms with van der Waals surface area (Å²) in [5.74, 6) is 1.58. The van der Waals surface area contributed by atoms with Crippen LogP contribution in [0.2, 0.25) is 0 Å². The van der Waals surface area contributed by atoms with Gasteiger partial charge in [0.2, 0.25) is 5.91 Å². The predicted octanol–water partition coefficient (Wildman–Crippen LogP) is 2.55. The number of ether oxygens (including phenoxy) is 3. The van der Waals surface area contributed by atoms with Crippen molar-refractivity contribution in [2.45, 2.75) is 37.5 Å². The average molecular weight is 451 g/mol. The highest BCUT2D eigenvalue weighted by atomic mass is 32.2. The van der Waals surface area contributed by atoms with Crippen molar-refractivity contribution in [3.63, 3.8) is 0 Å². The van der Waals surface area contributed by atoms with Crippen LogP contribution in [0.1, 0.15) is 43.0 Å². The summed E-state index contributed by atoms with van der Waals surface area (Å²) >= 11 is 1.79. The predicted molar refractivity (Wildman–Crippen MR) is 117 cm³/mol. The summed E-state index contributed by atoms with van der Waals surface area (Å²) in [6.07, 6.45) is 1.67. The van der Waals surface area contributed by atoms with Crippen molar-refractivity contribution >= 4 is 29.5 Å². The Morgan fingerprint density at radius 2 is 1.65 bits per heavy atom. The number of carbonyl (C=O) groups excluding carboxylic acids is 3. The van der Waals surface area contributed by atoms with Gasteiger partial charge < -0.3 is 24.0 Å². The van der Waals surface area contributed by atoms with Crippen molar-refractivity contribution in [2.24, 2.45) is 0 Å². The van der Waals surface area contributed by atoms with Crippen molar-refractivity contribution in [3.05, 3.63) is 23.8 Å². The summed E-state index contributed by atoms with van der Waals surface area (Å²) in [5, 5.41) is 0. The number of amides is 2.